The lowest BCUT2D eigenvalue weighted by Gasteiger charge is -2.20. The number of amides is 1. The number of rotatable bonds is 7. The van der Waals surface area contributed by atoms with Crippen LogP contribution in [0.5, 0.6) is 5.75 Å². The molecule has 0 atom stereocenters. The molecule has 1 aromatic carbocycles. The quantitative estimate of drug-likeness (QED) is 0.772. The Hall–Kier alpha value is -1.95. The molecule has 0 fully saturated rings. The third kappa shape index (κ3) is 5.91. The Balaban J connectivity index is 2.62. The molecule has 0 aliphatic carbocycles. The lowest BCUT2D eigenvalue weighted by Crippen LogP contribution is -2.36. The first kappa shape index (κ1) is 17.1. The van der Waals surface area contributed by atoms with Gasteiger partial charge in [0.15, 0.2) is 6.61 Å². The van der Waals surface area contributed by atoms with Crippen LogP contribution >= 0.6 is 23.2 Å². The van der Waals surface area contributed by atoms with Gasteiger partial charge in [0.05, 0.1) is 30.0 Å². The highest BCUT2D eigenvalue weighted by atomic mass is 35.5. The van der Waals surface area contributed by atoms with Crippen molar-refractivity contribution in [3.05, 3.63) is 28.2 Å². The number of nitriles is 2. The van der Waals surface area contributed by atoms with Crippen molar-refractivity contribution in [3.8, 4) is 17.9 Å². The van der Waals surface area contributed by atoms with Crippen LogP contribution in [0.3, 0.4) is 0 Å². The molecule has 21 heavy (non-hydrogen) atoms. The van der Waals surface area contributed by atoms with Crippen molar-refractivity contribution in [2.45, 2.75) is 12.8 Å². The van der Waals surface area contributed by atoms with Crippen LogP contribution in [0.1, 0.15) is 12.8 Å². The third-order valence-corrected chi connectivity index (χ3v) is 3.13. The zero-order valence-corrected chi connectivity index (χ0v) is 12.7. The van der Waals surface area contributed by atoms with Crippen molar-refractivity contribution >= 4 is 29.1 Å². The van der Waals surface area contributed by atoms with Crippen molar-refractivity contribution in [2.75, 3.05) is 19.7 Å². The molecular formula is C14H13Cl2N3O2. The van der Waals surface area contributed by atoms with Crippen LogP contribution in [-0.2, 0) is 4.79 Å². The van der Waals surface area contributed by atoms with Gasteiger partial charge in [-0.2, -0.15) is 10.5 Å². The van der Waals surface area contributed by atoms with Gasteiger partial charge < -0.3 is 9.64 Å². The molecule has 0 saturated carbocycles. The van der Waals surface area contributed by atoms with Crippen LogP contribution < -0.4 is 4.74 Å². The zero-order chi connectivity index (χ0) is 15.7. The van der Waals surface area contributed by atoms with Crippen LogP contribution in [0.2, 0.25) is 10.0 Å². The minimum Gasteiger partial charge on any atom is -0.482 e. The Bertz CT molecular complexity index is 561. The second-order valence-corrected chi connectivity index (χ2v) is 4.90. The molecule has 0 aromatic heterocycles. The SMILES string of the molecule is N#CCCN(CCC#N)C(=O)COc1cc(Cl)ccc1Cl. The summed E-state index contributed by atoms with van der Waals surface area (Å²) in [4.78, 5) is 13.5. The second-order valence-electron chi connectivity index (χ2n) is 4.06. The number of hydrogen-bond donors (Lipinski definition) is 0. The summed E-state index contributed by atoms with van der Waals surface area (Å²) < 4.78 is 5.35. The molecule has 0 bridgehead atoms. The van der Waals surface area contributed by atoms with Gasteiger partial charge in [0.25, 0.3) is 5.91 Å². The summed E-state index contributed by atoms with van der Waals surface area (Å²) >= 11 is 11.8. The molecule has 0 unspecified atom stereocenters. The summed E-state index contributed by atoms with van der Waals surface area (Å²) in [5.41, 5.74) is 0. The van der Waals surface area contributed by atoms with E-state index in [4.69, 9.17) is 38.5 Å². The average molecular weight is 326 g/mol. The Morgan fingerprint density at radius 1 is 1.19 bits per heavy atom. The molecule has 1 amide bonds. The van der Waals surface area contributed by atoms with E-state index in [-0.39, 0.29) is 38.4 Å². The largest absolute Gasteiger partial charge is 0.482 e. The van der Waals surface area contributed by atoms with E-state index >= 15 is 0 Å². The first-order valence-electron chi connectivity index (χ1n) is 6.18. The Morgan fingerprint density at radius 2 is 1.81 bits per heavy atom. The molecule has 0 radical (unpaired) electrons. The van der Waals surface area contributed by atoms with Gasteiger partial charge in [-0.15, -0.1) is 0 Å². The van der Waals surface area contributed by atoms with E-state index in [9.17, 15) is 4.79 Å². The summed E-state index contributed by atoms with van der Waals surface area (Å²) in [5.74, 6) is 0.00887. The number of nitrogens with zero attached hydrogens (tertiary/aromatic N) is 3. The van der Waals surface area contributed by atoms with Crippen molar-refractivity contribution in [2.24, 2.45) is 0 Å². The first-order chi connectivity index (χ1) is 10.1. The molecule has 0 heterocycles. The van der Waals surface area contributed by atoms with E-state index in [2.05, 4.69) is 0 Å². The maximum atomic E-state index is 12.0. The average Bonchev–Trinajstić information content (AvgIpc) is 2.48. The Kier molecular flexibility index (Phi) is 7.39. The molecule has 110 valence electrons. The lowest BCUT2D eigenvalue weighted by atomic mass is 10.3. The second kappa shape index (κ2) is 9.07. The smallest absolute Gasteiger partial charge is 0.260 e. The maximum absolute atomic E-state index is 12.0. The minimum atomic E-state index is -0.309. The van der Waals surface area contributed by atoms with Gasteiger partial charge in [0.2, 0.25) is 0 Å². The molecule has 5 nitrogen and oxygen atoms in total. The predicted octanol–water partition coefficient (Wildman–Crippen LogP) is 3.03. The monoisotopic (exact) mass is 325 g/mol. The standard InChI is InChI=1S/C14H13Cl2N3O2/c15-11-3-4-12(16)13(9-11)21-10-14(20)19(7-1-5-17)8-2-6-18/h3-4,9H,1-2,7-8,10H2. The van der Waals surface area contributed by atoms with Crippen LogP contribution in [0, 0.1) is 22.7 Å². The first-order valence-corrected chi connectivity index (χ1v) is 6.93. The van der Waals surface area contributed by atoms with Gasteiger partial charge in [-0.25, -0.2) is 0 Å². The molecular weight excluding hydrogens is 313 g/mol. The summed E-state index contributed by atoms with van der Waals surface area (Å²) in [7, 11) is 0. The molecule has 0 aliphatic heterocycles. The third-order valence-electron chi connectivity index (χ3n) is 2.58. The predicted molar refractivity (Wildman–Crippen MR) is 79.0 cm³/mol. The highest BCUT2D eigenvalue weighted by Crippen LogP contribution is 2.27. The number of carbonyl (C=O) groups is 1. The molecule has 0 N–H and O–H groups in total. The number of benzene rings is 1. The van der Waals surface area contributed by atoms with E-state index in [1.54, 1.807) is 12.1 Å². The van der Waals surface area contributed by atoms with Crippen LogP contribution in [-0.4, -0.2) is 30.5 Å². The van der Waals surface area contributed by atoms with Crippen molar-refractivity contribution in [1.29, 1.82) is 10.5 Å². The van der Waals surface area contributed by atoms with Gasteiger partial charge >= 0.3 is 0 Å². The minimum absolute atomic E-state index is 0.203. The summed E-state index contributed by atoms with van der Waals surface area (Å²) in [6.07, 6.45) is 0.407. The highest BCUT2D eigenvalue weighted by Gasteiger charge is 2.14. The van der Waals surface area contributed by atoms with Crippen LogP contribution in [0.15, 0.2) is 18.2 Å². The van der Waals surface area contributed by atoms with Gasteiger partial charge in [0.1, 0.15) is 5.75 Å². The lowest BCUT2D eigenvalue weighted by molar-refractivity contribution is -0.133. The topological polar surface area (TPSA) is 77.1 Å². The fraction of sp³-hybridized carbons (Fsp3) is 0.357. The van der Waals surface area contributed by atoms with Gasteiger partial charge in [-0.05, 0) is 12.1 Å². The van der Waals surface area contributed by atoms with Crippen LogP contribution in [0.25, 0.3) is 0 Å². The number of carbonyl (C=O) groups excluding carboxylic acids is 1. The molecule has 0 spiro atoms. The fourth-order valence-corrected chi connectivity index (χ4v) is 1.88. The number of ether oxygens (including phenoxy) is 1. The number of halogens is 2. The fourth-order valence-electron chi connectivity index (χ4n) is 1.55. The number of hydrogen-bond acceptors (Lipinski definition) is 4. The highest BCUT2D eigenvalue weighted by molar-refractivity contribution is 6.34. The molecule has 1 rings (SSSR count). The zero-order valence-electron chi connectivity index (χ0n) is 11.2. The molecule has 7 heteroatoms. The normalized spacial score (nSPS) is 9.52. The molecule has 0 aliphatic rings. The summed E-state index contributed by atoms with van der Waals surface area (Å²) in [6, 6.07) is 8.64. The van der Waals surface area contributed by atoms with Crippen molar-refractivity contribution in [1.82, 2.24) is 4.90 Å². The van der Waals surface area contributed by atoms with E-state index in [1.807, 2.05) is 12.1 Å². The summed E-state index contributed by atoms with van der Waals surface area (Å²) in [5, 5.41) is 18.0. The summed E-state index contributed by atoms with van der Waals surface area (Å²) in [6.45, 7) is 0.310. The van der Waals surface area contributed by atoms with Crippen LogP contribution in [0.4, 0.5) is 0 Å². The van der Waals surface area contributed by atoms with E-state index in [0.29, 0.717) is 15.8 Å². The van der Waals surface area contributed by atoms with E-state index in [1.165, 1.54) is 11.0 Å². The Labute approximate surface area is 133 Å². The molecule has 0 saturated heterocycles. The Morgan fingerprint density at radius 3 is 2.38 bits per heavy atom. The molecule has 1 aromatic rings. The van der Waals surface area contributed by atoms with Crippen molar-refractivity contribution in [3.63, 3.8) is 0 Å². The van der Waals surface area contributed by atoms with Gasteiger partial charge in [0, 0.05) is 24.2 Å². The van der Waals surface area contributed by atoms with Gasteiger partial charge in [-0.3, -0.25) is 4.79 Å². The van der Waals surface area contributed by atoms with E-state index < -0.39 is 0 Å². The maximum Gasteiger partial charge on any atom is 0.260 e. The van der Waals surface area contributed by atoms with Crippen molar-refractivity contribution < 1.29 is 9.53 Å². The van der Waals surface area contributed by atoms with Gasteiger partial charge in [-0.1, -0.05) is 23.2 Å². The van der Waals surface area contributed by atoms with E-state index in [0.717, 1.165) is 0 Å².